The lowest BCUT2D eigenvalue weighted by atomic mass is 9.83. The van der Waals surface area contributed by atoms with Crippen molar-refractivity contribution >= 4 is 13.3 Å². The highest BCUT2D eigenvalue weighted by atomic mass is 31.2. The van der Waals surface area contributed by atoms with E-state index in [1.165, 1.54) is 32.1 Å². The lowest BCUT2D eigenvalue weighted by Gasteiger charge is -2.28. The molecular formula is C19H35O4P. The molecule has 2 fully saturated rings. The van der Waals surface area contributed by atoms with Crippen LogP contribution < -0.4 is 0 Å². The summed E-state index contributed by atoms with van der Waals surface area (Å²) in [4.78, 5) is 12.5. The summed E-state index contributed by atoms with van der Waals surface area (Å²) in [6, 6.07) is 0. The summed E-state index contributed by atoms with van der Waals surface area (Å²) in [6.45, 7) is 8.84. The molecule has 0 aliphatic heterocycles. The molecule has 0 N–H and O–H groups in total. The summed E-state index contributed by atoms with van der Waals surface area (Å²) in [5, 5.41) is 0. The summed E-state index contributed by atoms with van der Waals surface area (Å²) in [5.41, 5.74) is 0.183. The van der Waals surface area contributed by atoms with Crippen LogP contribution in [0.2, 0.25) is 0 Å². The number of esters is 1. The SMILES string of the molecule is CCOC(=O)C(CC1CCCCC1)CP(=O)(OCC)C1CC1(C)C. The third-order valence-electron chi connectivity index (χ3n) is 5.72. The monoisotopic (exact) mass is 358 g/mol. The molecule has 0 spiro atoms. The van der Waals surface area contributed by atoms with Crippen LogP contribution in [0.15, 0.2) is 0 Å². The Bertz CT molecular complexity index is 468. The second-order valence-electron chi connectivity index (χ2n) is 8.22. The van der Waals surface area contributed by atoms with Crippen molar-refractivity contribution in [2.24, 2.45) is 17.3 Å². The predicted molar refractivity (Wildman–Crippen MR) is 97.6 cm³/mol. The maximum Gasteiger partial charge on any atom is 0.309 e. The summed E-state index contributed by atoms with van der Waals surface area (Å²) in [6.07, 6.45) is 8.27. The summed E-state index contributed by atoms with van der Waals surface area (Å²) in [5.74, 6) is 0.110. The van der Waals surface area contributed by atoms with Crippen LogP contribution in [0, 0.1) is 17.3 Å². The van der Waals surface area contributed by atoms with Crippen molar-refractivity contribution in [2.45, 2.75) is 78.3 Å². The Hall–Kier alpha value is -0.340. The van der Waals surface area contributed by atoms with Crippen molar-refractivity contribution in [3.05, 3.63) is 0 Å². The molecule has 3 atom stereocenters. The first-order chi connectivity index (χ1) is 11.3. The number of hydrogen-bond donors (Lipinski definition) is 0. The molecule has 0 aromatic carbocycles. The van der Waals surface area contributed by atoms with E-state index in [-0.39, 0.29) is 23.0 Å². The second kappa shape index (κ2) is 8.36. The quantitative estimate of drug-likeness (QED) is 0.417. The first-order valence-electron chi connectivity index (χ1n) is 9.72. The van der Waals surface area contributed by atoms with E-state index < -0.39 is 7.37 Å². The number of ether oxygens (including phenoxy) is 1. The Balaban J connectivity index is 2.09. The molecule has 2 aliphatic carbocycles. The molecule has 5 heteroatoms. The van der Waals surface area contributed by atoms with Crippen LogP contribution in [0.1, 0.15) is 72.6 Å². The molecule has 0 aromatic heterocycles. The van der Waals surface area contributed by atoms with E-state index >= 15 is 0 Å². The molecule has 0 bridgehead atoms. The van der Waals surface area contributed by atoms with Gasteiger partial charge in [-0.3, -0.25) is 9.36 Å². The number of rotatable bonds is 9. The van der Waals surface area contributed by atoms with Crippen molar-refractivity contribution < 1.29 is 18.6 Å². The second-order valence-corrected chi connectivity index (χ2v) is 10.9. The Morgan fingerprint density at radius 1 is 1.17 bits per heavy atom. The zero-order valence-electron chi connectivity index (χ0n) is 15.9. The minimum Gasteiger partial charge on any atom is -0.466 e. The van der Waals surface area contributed by atoms with Gasteiger partial charge in [-0.05, 0) is 38.0 Å². The molecule has 0 heterocycles. The van der Waals surface area contributed by atoms with Gasteiger partial charge in [-0.25, -0.2) is 0 Å². The normalized spacial score (nSPS) is 27.2. The van der Waals surface area contributed by atoms with Crippen LogP contribution in [-0.2, 0) is 18.6 Å². The van der Waals surface area contributed by atoms with E-state index in [2.05, 4.69) is 13.8 Å². The average Bonchev–Trinajstić information content (AvgIpc) is 3.18. The zero-order chi connectivity index (χ0) is 17.8. The standard InChI is InChI=1S/C19H35O4P/c1-5-22-18(20)16(12-15-10-8-7-9-11-15)14-24(21,23-6-2)17-13-19(17,3)4/h15-17H,5-14H2,1-4H3. The summed E-state index contributed by atoms with van der Waals surface area (Å²) < 4.78 is 24.6. The lowest BCUT2D eigenvalue weighted by Crippen LogP contribution is -2.26. The highest BCUT2D eigenvalue weighted by Gasteiger charge is 2.58. The maximum absolute atomic E-state index is 13.5. The molecule has 2 aliphatic rings. The van der Waals surface area contributed by atoms with E-state index in [4.69, 9.17) is 9.26 Å². The van der Waals surface area contributed by atoms with Gasteiger partial charge in [-0.1, -0.05) is 46.0 Å². The number of hydrogen-bond acceptors (Lipinski definition) is 4. The van der Waals surface area contributed by atoms with Crippen LogP contribution in [0.3, 0.4) is 0 Å². The zero-order valence-corrected chi connectivity index (χ0v) is 16.8. The number of carbonyl (C=O) groups excluding carboxylic acids is 1. The Morgan fingerprint density at radius 2 is 1.79 bits per heavy atom. The van der Waals surface area contributed by atoms with Crippen molar-refractivity contribution in [3.8, 4) is 0 Å². The topological polar surface area (TPSA) is 52.6 Å². The molecule has 0 amide bonds. The van der Waals surface area contributed by atoms with Gasteiger partial charge < -0.3 is 9.26 Å². The average molecular weight is 358 g/mol. The Morgan fingerprint density at radius 3 is 2.29 bits per heavy atom. The molecule has 2 saturated carbocycles. The molecule has 0 radical (unpaired) electrons. The first kappa shape index (κ1) is 20.0. The van der Waals surface area contributed by atoms with E-state index in [0.717, 1.165) is 12.8 Å². The molecule has 3 unspecified atom stereocenters. The molecular weight excluding hydrogens is 323 g/mol. The van der Waals surface area contributed by atoms with Crippen LogP contribution in [0.4, 0.5) is 0 Å². The lowest BCUT2D eigenvalue weighted by molar-refractivity contribution is -0.148. The third-order valence-corrected chi connectivity index (χ3v) is 9.20. The molecule has 140 valence electrons. The fourth-order valence-electron chi connectivity index (χ4n) is 4.24. The fraction of sp³-hybridized carbons (Fsp3) is 0.947. The molecule has 0 saturated heterocycles. The Kier molecular flexibility index (Phi) is 6.96. The first-order valence-corrected chi connectivity index (χ1v) is 11.6. The minimum atomic E-state index is -2.80. The largest absolute Gasteiger partial charge is 0.466 e. The van der Waals surface area contributed by atoms with Crippen molar-refractivity contribution in [2.75, 3.05) is 19.4 Å². The van der Waals surface area contributed by atoms with Crippen LogP contribution >= 0.6 is 7.37 Å². The van der Waals surface area contributed by atoms with E-state index in [9.17, 15) is 9.36 Å². The molecule has 0 aromatic rings. The van der Waals surface area contributed by atoms with Gasteiger partial charge in [0.15, 0.2) is 0 Å². The highest BCUT2D eigenvalue weighted by Crippen LogP contribution is 2.70. The van der Waals surface area contributed by atoms with Crippen molar-refractivity contribution in [1.82, 2.24) is 0 Å². The summed E-state index contributed by atoms with van der Waals surface area (Å²) >= 11 is 0. The van der Waals surface area contributed by atoms with E-state index in [1.807, 2.05) is 13.8 Å². The highest BCUT2D eigenvalue weighted by molar-refractivity contribution is 7.60. The Labute approximate surface area is 147 Å². The van der Waals surface area contributed by atoms with Gasteiger partial charge in [-0.15, -0.1) is 0 Å². The third kappa shape index (κ3) is 5.08. The van der Waals surface area contributed by atoms with Crippen LogP contribution in [0.25, 0.3) is 0 Å². The smallest absolute Gasteiger partial charge is 0.309 e. The van der Waals surface area contributed by atoms with Gasteiger partial charge in [0, 0.05) is 11.8 Å². The van der Waals surface area contributed by atoms with Crippen molar-refractivity contribution in [3.63, 3.8) is 0 Å². The van der Waals surface area contributed by atoms with E-state index in [1.54, 1.807) is 0 Å². The van der Waals surface area contributed by atoms with Gasteiger partial charge in [-0.2, -0.15) is 0 Å². The number of carbonyl (C=O) groups is 1. The minimum absolute atomic E-state index is 0.0781. The van der Waals surface area contributed by atoms with E-state index in [0.29, 0.717) is 25.3 Å². The van der Waals surface area contributed by atoms with Gasteiger partial charge >= 0.3 is 5.97 Å². The van der Waals surface area contributed by atoms with Crippen molar-refractivity contribution in [1.29, 1.82) is 0 Å². The fourth-order valence-corrected chi connectivity index (χ4v) is 7.94. The maximum atomic E-state index is 13.5. The summed E-state index contributed by atoms with van der Waals surface area (Å²) in [7, 11) is -2.80. The van der Waals surface area contributed by atoms with Crippen LogP contribution in [0.5, 0.6) is 0 Å². The molecule has 4 nitrogen and oxygen atoms in total. The van der Waals surface area contributed by atoms with Gasteiger partial charge in [0.1, 0.15) is 0 Å². The van der Waals surface area contributed by atoms with Gasteiger partial charge in [0.2, 0.25) is 7.37 Å². The van der Waals surface area contributed by atoms with Crippen LogP contribution in [-0.4, -0.2) is 31.0 Å². The van der Waals surface area contributed by atoms with Gasteiger partial charge in [0.25, 0.3) is 0 Å². The molecule has 2 rings (SSSR count). The van der Waals surface area contributed by atoms with Gasteiger partial charge in [0.05, 0.1) is 19.1 Å². The predicted octanol–water partition coefficient (Wildman–Crippen LogP) is 5.25. The molecule has 24 heavy (non-hydrogen) atoms.